The van der Waals surface area contributed by atoms with E-state index < -0.39 is 11.6 Å². The largest absolute Gasteiger partial charge is 0.326 e. The summed E-state index contributed by atoms with van der Waals surface area (Å²) in [6, 6.07) is 8.92. The van der Waals surface area contributed by atoms with Gasteiger partial charge in [-0.1, -0.05) is 38.1 Å². The Labute approximate surface area is 118 Å². The second-order valence-electron chi connectivity index (χ2n) is 5.38. The van der Waals surface area contributed by atoms with Crippen molar-refractivity contribution < 1.29 is 9.59 Å². The van der Waals surface area contributed by atoms with E-state index in [0.29, 0.717) is 5.92 Å². The van der Waals surface area contributed by atoms with Crippen LogP contribution < -0.4 is 5.32 Å². The summed E-state index contributed by atoms with van der Waals surface area (Å²) in [7, 11) is 0. The van der Waals surface area contributed by atoms with E-state index >= 15 is 0 Å². The number of carbonyl (C=O) groups is 2. The lowest BCUT2D eigenvalue weighted by molar-refractivity contribution is -0.130. The lowest BCUT2D eigenvalue weighted by Crippen LogP contribution is -2.40. The van der Waals surface area contributed by atoms with Crippen molar-refractivity contribution in [1.82, 2.24) is 10.2 Å². The molecule has 20 heavy (non-hydrogen) atoms. The Balaban J connectivity index is 2.34. The molecule has 1 aromatic rings. The van der Waals surface area contributed by atoms with E-state index in [2.05, 4.69) is 19.2 Å². The third-order valence-corrected chi connectivity index (χ3v) is 3.66. The summed E-state index contributed by atoms with van der Waals surface area (Å²) in [6.45, 7) is 5.61. The topological polar surface area (TPSA) is 73.2 Å². The number of imide groups is 1. The van der Waals surface area contributed by atoms with Gasteiger partial charge in [0.15, 0.2) is 0 Å². The van der Waals surface area contributed by atoms with E-state index in [1.807, 2.05) is 30.3 Å². The molecule has 1 aliphatic heterocycles. The molecule has 1 aromatic carbocycles. The summed E-state index contributed by atoms with van der Waals surface area (Å²) in [5.74, 6) is 0.0159. The molecule has 1 aliphatic rings. The molecule has 0 aromatic heterocycles. The zero-order valence-electron chi connectivity index (χ0n) is 11.8. The number of carbonyl (C=O) groups excluding carboxylic acids is 2. The molecule has 0 saturated carbocycles. The molecular formula is C15H17N3O2. The van der Waals surface area contributed by atoms with Crippen molar-refractivity contribution >= 4 is 11.9 Å². The monoisotopic (exact) mass is 271 g/mol. The first kappa shape index (κ1) is 14.1. The van der Waals surface area contributed by atoms with Gasteiger partial charge in [-0.25, -0.2) is 9.69 Å². The molecule has 1 saturated heterocycles. The van der Waals surface area contributed by atoms with Crippen LogP contribution in [0.15, 0.2) is 24.3 Å². The Morgan fingerprint density at radius 1 is 1.30 bits per heavy atom. The highest BCUT2D eigenvalue weighted by molar-refractivity contribution is 6.07. The molecule has 2 rings (SSSR count). The number of rotatable bonds is 3. The van der Waals surface area contributed by atoms with Crippen LogP contribution in [0.2, 0.25) is 0 Å². The van der Waals surface area contributed by atoms with Crippen molar-refractivity contribution in [2.45, 2.75) is 32.2 Å². The molecule has 1 fully saturated rings. The highest BCUT2D eigenvalue weighted by Gasteiger charge is 2.48. The van der Waals surface area contributed by atoms with Gasteiger partial charge in [-0.05, 0) is 24.0 Å². The van der Waals surface area contributed by atoms with Crippen LogP contribution in [0.3, 0.4) is 0 Å². The maximum absolute atomic E-state index is 12.3. The molecule has 1 N–H and O–H groups in total. The van der Waals surface area contributed by atoms with Gasteiger partial charge in [-0.2, -0.15) is 5.26 Å². The molecule has 0 unspecified atom stereocenters. The minimum atomic E-state index is -1.09. The first-order valence-electron chi connectivity index (χ1n) is 6.51. The van der Waals surface area contributed by atoms with Crippen LogP contribution in [0.25, 0.3) is 0 Å². The SMILES string of the molecule is CC(C)c1ccc([C@@]2(C)NC(=O)N(CC#N)C2=O)cc1. The maximum atomic E-state index is 12.3. The van der Waals surface area contributed by atoms with Gasteiger partial charge >= 0.3 is 6.03 Å². The summed E-state index contributed by atoms with van der Waals surface area (Å²) in [5, 5.41) is 11.3. The van der Waals surface area contributed by atoms with Crippen molar-refractivity contribution in [2.75, 3.05) is 6.54 Å². The smallest absolute Gasteiger partial charge is 0.319 e. The predicted octanol–water partition coefficient (Wildman–Crippen LogP) is 2.10. The maximum Gasteiger partial charge on any atom is 0.326 e. The number of benzene rings is 1. The standard InChI is InChI=1S/C15H17N3O2/c1-10(2)11-4-6-12(7-5-11)15(3)13(19)18(9-8-16)14(20)17-15/h4-7,10H,9H2,1-3H3,(H,17,20)/t15-/m1/s1. The average Bonchev–Trinajstić information content (AvgIpc) is 2.64. The Morgan fingerprint density at radius 3 is 2.40 bits per heavy atom. The second kappa shape index (κ2) is 4.97. The fourth-order valence-corrected chi connectivity index (χ4v) is 2.31. The van der Waals surface area contributed by atoms with Crippen molar-refractivity contribution in [2.24, 2.45) is 0 Å². The van der Waals surface area contributed by atoms with Crippen molar-refractivity contribution in [3.05, 3.63) is 35.4 Å². The minimum Gasteiger partial charge on any atom is -0.319 e. The molecule has 3 amide bonds. The lowest BCUT2D eigenvalue weighted by atomic mass is 9.90. The first-order chi connectivity index (χ1) is 9.40. The quantitative estimate of drug-likeness (QED) is 0.676. The summed E-state index contributed by atoms with van der Waals surface area (Å²) < 4.78 is 0. The molecule has 0 radical (unpaired) electrons. The zero-order chi connectivity index (χ0) is 14.9. The fourth-order valence-electron chi connectivity index (χ4n) is 2.31. The Bertz CT molecular complexity index is 586. The van der Waals surface area contributed by atoms with Gasteiger partial charge in [-0.15, -0.1) is 0 Å². The van der Waals surface area contributed by atoms with E-state index in [4.69, 9.17) is 5.26 Å². The summed E-state index contributed by atoms with van der Waals surface area (Å²) in [6.07, 6.45) is 0. The second-order valence-corrected chi connectivity index (χ2v) is 5.38. The average molecular weight is 271 g/mol. The number of amides is 3. The third kappa shape index (κ3) is 2.14. The molecule has 0 aliphatic carbocycles. The molecule has 0 spiro atoms. The summed E-state index contributed by atoms with van der Waals surface area (Å²) in [5.41, 5.74) is 0.799. The minimum absolute atomic E-state index is 0.232. The van der Waals surface area contributed by atoms with Crippen LogP contribution >= 0.6 is 0 Å². The van der Waals surface area contributed by atoms with E-state index in [9.17, 15) is 9.59 Å². The number of urea groups is 1. The molecule has 1 atom stereocenters. The van der Waals surface area contributed by atoms with Gasteiger partial charge in [0, 0.05) is 0 Å². The van der Waals surface area contributed by atoms with Crippen LogP contribution in [-0.2, 0) is 10.3 Å². The van der Waals surface area contributed by atoms with Gasteiger partial charge in [0.05, 0.1) is 6.07 Å². The first-order valence-corrected chi connectivity index (χ1v) is 6.51. The molecule has 0 bridgehead atoms. The van der Waals surface area contributed by atoms with Gasteiger partial charge in [0.25, 0.3) is 5.91 Å². The van der Waals surface area contributed by atoms with E-state index in [1.54, 1.807) is 6.92 Å². The third-order valence-electron chi connectivity index (χ3n) is 3.66. The molecular weight excluding hydrogens is 254 g/mol. The molecule has 5 nitrogen and oxygen atoms in total. The number of nitrogens with one attached hydrogen (secondary N) is 1. The number of nitriles is 1. The van der Waals surface area contributed by atoms with Crippen molar-refractivity contribution in [3.63, 3.8) is 0 Å². The van der Waals surface area contributed by atoms with Crippen LogP contribution in [0.4, 0.5) is 4.79 Å². The molecule has 5 heteroatoms. The Hall–Kier alpha value is -2.35. The van der Waals surface area contributed by atoms with Gasteiger partial charge in [0.1, 0.15) is 12.1 Å². The van der Waals surface area contributed by atoms with Crippen molar-refractivity contribution in [1.29, 1.82) is 5.26 Å². The fraction of sp³-hybridized carbons (Fsp3) is 0.400. The summed E-state index contributed by atoms with van der Waals surface area (Å²) in [4.78, 5) is 25.1. The van der Waals surface area contributed by atoms with E-state index in [1.165, 1.54) is 5.56 Å². The number of hydrogen-bond donors (Lipinski definition) is 1. The Kier molecular flexibility index (Phi) is 3.49. The van der Waals surface area contributed by atoms with Crippen LogP contribution in [0, 0.1) is 11.3 Å². The van der Waals surface area contributed by atoms with Crippen LogP contribution in [0.5, 0.6) is 0 Å². The molecule has 104 valence electrons. The highest BCUT2D eigenvalue weighted by atomic mass is 16.2. The number of hydrogen-bond acceptors (Lipinski definition) is 3. The zero-order valence-corrected chi connectivity index (χ0v) is 11.8. The lowest BCUT2D eigenvalue weighted by Gasteiger charge is -2.22. The number of nitrogens with zero attached hydrogens (tertiary/aromatic N) is 2. The predicted molar refractivity (Wildman–Crippen MR) is 73.7 cm³/mol. The van der Waals surface area contributed by atoms with Gasteiger partial charge < -0.3 is 5.32 Å². The van der Waals surface area contributed by atoms with E-state index in [-0.39, 0.29) is 12.5 Å². The highest BCUT2D eigenvalue weighted by Crippen LogP contribution is 2.29. The Morgan fingerprint density at radius 2 is 1.90 bits per heavy atom. The summed E-state index contributed by atoms with van der Waals surface area (Å²) >= 11 is 0. The van der Waals surface area contributed by atoms with Crippen LogP contribution in [0.1, 0.15) is 37.8 Å². The molecule has 1 heterocycles. The van der Waals surface area contributed by atoms with Gasteiger partial charge in [0.2, 0.25) is 0 Å². The van der Waals surface area contributed by atoms with Crippen molar-refractivity contribution in [3.8, 4) is 6.07 Å². The normalized spacial score (nSPS) is 22.1. The van der Waals surface area contributed by atoms with E-state index in [0.717, 1.165) is 10.5 Å². The van der Waals surface area contributed by atoms with Gasteiger partial charge in [-0.3, -0.25) is 4.79 Å². The van der Waals surface area contributed by atoms with Crippen LogP contribution in [-0.4, -0.2) is 23.4 Å².